The summed E-state index contributed by atoms with van der Waals surface area (Å²) < 4.78 is 36.7. The number of ether oxygens (including phenoxy) is 2. The number of rotatable bonds is 5. The molecule has 0 saturated carbocycles. The smallest absolute Gasteiger partial charge is 0.341 e. The maximum absolute atomic E-state index is 13.9. The van der Waals surface area contributed by atoms with E-state index in [-0.39, 0.29) is 23.0 Å². The van der Waals surface area contributed by atoms with Crippen LogP contribution >= 0.6 is 0 Å². The molecule has 1 heterocycles. The fraction of sp³-hybridized carbons (Fsp3) is 0.300. The molecule has 0 unspecified atom stereocenters. The van der Waals surface area contributed by atoms with Gasteiger partial charge >= 0.3 is 5.97 Å². The molecule has 2 aromatic rings. The first-order chi connectivity index (χ1) is 13.5. The Morgan fingerprint density at radius 1 is 1.00 bits per heavy atom. The first-order valence-corrected chi connectivity index (χ1v) is 8.77. The van der Waals surface area contributed by atoms with Gasteiger partial charge in [0.2, 0.25) is 0 Å². The summed E-state index contributed by atoms with van der Waals surface area (Å²) in [6.07, 6.45) is 0. The molecule has 1 fully saturated rings. The summed E-state index contributed by atoms with van der Waals surface area (Å²) in [6.45, 7) is 1.60. The first kappa shape index (κ1) is 19.6. The monoisotopic (exact) mass is 390 g/mol. The molecule has 0 aliphatic carbocycles. The molecule has 6 nitrogen and oxygen atoms in total. The van der Waals surface area contributed by atoms with E-state index < -0.39 is 18.4 Å². The maximum Gasteiger partial charge on any atom is 0.341 e. The van der Waals surface area contributed by atoms with Gasteiger partial charge in [-0.2, -0.15) is 0 Å². The third kappa shape index (κ3) is 4.57. The van der Waals surface area contributed by atoms with Gasteiger partial charge in [-0.1, -0.05) is 0 Å². The van der Waals surface area contributed by atoms with Crippen molar-refractivity contribution in [3.8, 4) is 5.75 Å². The van der Waals surface area contributed by atoms with Crippen LogP contribution in [0.4, 0.5) is 14.5 Å². The highest BCUT2D eigenvalue weighted by molar-refractivity contribution is 5.91. The minimum Gasteiger partial charge on any atom is -0.497 e. The van der Waals surface area contributed by atoms with Crippen molar-refractivity contribution in [1.29, 1.82) is 0 Å². The van der Waals surface area contributed by atoms with Crippen molar-refractivity contribution in [3.63, 3.8) is 0 Å². The number of halogens is 2. The SMILES string of the molecule is COc1ccc(C(=O)OCC(=O)N2CCN(c3ccc(F)cc3)CC2)c(F)c1. The summed E-state index contributed by atoms with van der Waals surface area (Å²) in [7, 11) is 1.39. The molecule has 8 heteroatoms. The number of anilines is 1. The molecule has 1 aliphatic heterocycles. The number of piperazine rings is 1. The van der Waals surface area contributed by atoms with Gasteiger partial charge in [-0.15, -0.1) is 0 Å². The number of benzene rings is 2. The summed E-state index contributed by atoms with van der Waals surface area (Å²) in [6, 6.07) is 9.94. The minimum atomic E-state index is -0.904. The van der Waals surface area contributed by atoms with Gasteiger partial charge in [0.25, 0.3) is 5.91 Å². The molecule has 28 heavy (non-hydrogen) atoms. The highest BCUT2D eigenvalue weighted by Crippen LogP contribution is 2.18. The zero-order chi connectivity index (χ0) is 20.1. The summed E-state index contributed by atoms with van der Waals surface area (Å²) in [5, 5.41) is 0. The Morgan fingerprint density at radius 2 is 1.68 bits per heavy atom. The lowest BCUT2D eigenvalue weighted by Crippen LogP contribution is -2.49. The van der Waals surface area contributed by atoms with Crippen LogP contribution in [0.5, 0.6) is 5.75 Å². The average Bonchev–Trinajstić information content (AvgIpc) is 2.72. The predicted octanol–water partition coefficient (Wildman–Crippen LogP) is 2.48. The molecule has 0 atom stereocenters. The molecule has 1 aliphatic rings. The zero-order valence-electron chi connectivity index (χ0n) is 15.4. The van der Waals surface area contributed by atoms with E-state index in [1.54, 1.807) is 17.0 Å². The number of hydrogen-bond acceptors (Lipinski definition) is 5. The lowest BCUT2D eigenvalue weighted by atomic mass is 10.2. The molecule has 2 aromatic carbocycles. The number of hydrogen-bond donors (Lipinski definition) is 0. The normalized spacial score (nSPS) is 14.0. The van der Waals surface area contributed by atoms with E-state index in [1.807, 2.05) is 4.90 Å². The highest BCUT2D eigenvalue weighted by Gasteiger charge is 2.23. The largest absolute Gasteiger partial charge is 0.497 e. The van der Waals surface area contributed by atoms with Crippen LogP contribution in [0.25, 0.3) is 0 Å². The van der Waals surface area contributed by atoms with Crippen molar-refractivity contribution in [2.24, 2.45) is 0 Å². The standard InChI is InChI=1S/C20H20F2N2O4/c1-27-16-6-7-17(18(22)12-16)20(26)28-13-19(25)24-10-8-23(9-11-24)15-4-2-14(21)3-5-15/h2-7,12H,8-11,13H2,1H3. The van der Waals surface area contributed by atoms with E-state index >= 15 is 0 Å². The van der Waals surface area contributed by atoms with E-state index in [4.69, 9.17) is 9.47 Å². The van der Waals surface area contributed by atoms with Gasteiger partial charge in [0.1, 0.15) is 17.4 Å². The van der Waals surface area contributed by atoms with E-state index in [1.165, 1.54) is 31.4 Å². The van der Waals surface area contributed by atoms with Crippen molar-refractivity contribution in [3.05, 3.63) is 59.7 Å². The van der Waals surface area contributed by atoms with Crippen molar-refractivity contribution < 1.29 is 27.8 Å². The second-order valence-corrected chi connectivity index (χ2v) is 6.27. The van der Waals surface area contributed by atoms with Crippen molar-refractivity contribution >= 4 is 17.6 Å². The number of carbonyl (C=O) groups excluding carboxylic acids is 2. The predicted molar refractivity (Wildman–Crippen MR) is 98.4 cm³/mol. The quantitative estimate of drug-likeness (QED) is 0.735. The molecule has 3 rings (SSSR count). The maximum atomic E-state index is 13.9. The van der Waals surface area contributed by atoms with Gasteiger partial charge in [0.15, 0.2) is 6.61 Å². The van der Waals surface area contributed by atoms with Gasteiger partial charge in [0, 0.05) is 37.9 Å². The molecular formula is C20H20F2N2O4. The highest BCUT2D eigenvalue weighted by atomic mass is 19.1. The zero-order valence-corrected chi connectivity index (χ0v) is 15.4. The second-order valence-electron chi connectivity index (χ2n) is 6.27. The first-order valence-electron chi connectivity index (χ1n) is 8.77. The summed E-state index contributed by atoms with van der Waals surface area (Å²) in [5.41, 5.74) is 0.629. The fourth-order valence-corrected chi connectivity index (χ4v) is 2.95. The second kappa shape index (κ2) is 8.69. The molecule has 1 amide bonds. The Labute approximate surface area is 161 Å². The Kier molecular flexibility index (Phi) is 6.08. The van der Waals surface area contributed by atoms with E-state index in [2.05, 4.69) is 0 Å². The third-order valence-corrected chi connectivity index (χ3v) is 4.55. The van der Waals surface area contributed by atoms with E-state index in [0.717, 1.165) is 11.8 Å². The van der Waals surface area contributed by atoms with Crippen LogP contribution in [0.1, 0.15) is 10.4 Å². The topological polar surface area (TPSA) is 59.1 Å². The number of methoxy groups -OCH3 is 1. The van der Waals surface area contributed by atoms with Crippen LogP contribution in [-0.4, -0.2) is 56.7 Å². The summed E-state index contributed by atoms with van der Waals surface area (Å²) in [5.74, 6) is -2.04. The lowest BCUT2D eigenvalue weighted by molar-refractivity contribution is -0.134. The number of nitrogens with zero attached hydrogens (tertiary/aromatic N) is 2. The molecule has 0 spiro atoms. The molecular weight excluding hydrogens is 370 g/mol. The van der Waals surface area contributed by atoms with E-state index in [9.17, 15) is 18.4 Å². The molecule has 0 aromatic heterocycles. The third-order valence-electron chi connectivity index (χ3n) is 4.55. The van der Waals surface area contributed by atoms with Crippen LogP contribution < -0.4 is 9.64 Å². The number of carbonyl (C=O) groups is 2. The van der Waals surface area contributed by atoms with Gasteiger partial charge in [-0.25, -0.2) is 13.6 Å². The molecule has 1 saturated heterocycles. The Hall–Kier alpha value is -3.16. The van der Waals surface area contributed by atoms with E-state index in [0.29, 0.717) is 26.2 Å². The number of amides is 1. The molecule has 0 N–H and O–H groups in total. The summed E-state index contributed by atoms with van der Waals surface area (Å²) >= 11 is 0. The average molecular weight is 390 g/mol. The van der Waals surface area contributed by atoms with Crippen molar-refractivity contribution in [2.45, 2.75) is 0 Å². The van der Waals surface area contributed by atoms with Crippen LogP contribution in [0, 0.1) is 11.6 Å². The Balaban J connectivity index is 1.49. The van der Waals surface area contributed by atoms with Crippen LogP contribution in [0.3, 0.4) is 0 Å². The molecule has 148 valence electrons. The molecule has 0 radical (unpaired) electrons. The van der Waals surface area contributed by atoms with Crippen LogP contribution in [0.2, 0.25) is 0 Å². The van der Waals surface area contributed by atoms with Gasteiger partial charge in [-0.3, -0.25) is 4.79 Å². The Morgan fingerprint density at radius 3 is 2.29 bits per heavy atom. The van der Waals surface area contributed by atoms with Crippen LogP contribution in [0.15, 0.2) is 42.5 Å². The fourth-order valence-electron chi connectivity index (χ4n) is 2.95. The van der Waals surface area contributed by atoms with Gasteiger partial charge in [0.05, 0.1) is 12.7 Å². The van der Waals surface area contributed by atoms with Gasteiger partial charge < -0.3 is 19.3 Å². The van der Waals surface area contributed by atoms with Crippen LogP contribution in [-0.2, 0) is 9.53 Å². The summed E-state index contributed by atoms with van der Waals surface area (Å²) in [4.78, 5) is 27.9. The number of esters is 1. The van der Waals surface area contributed by atoms with Crippen molar-refractivity contribution in [1.82, 2.24) is 4.90 Å². The molecule has 0 bridgehead atoms. The Bertz CT molecular complexity index is 850. The van der Waals surface area contributed by atoms with Crippen molar-refractivity contribution in [2.75, 3.05) is 44.8 Å². The lowest BCUT2D eigenvalue weighted by Gasteiger charge is -2.36. The minimum absolute atomic E-state index is 0.255. The van der Waals surface area contributed by atoms with Gasteiger partial charge in [-0.05, 0) is 36.4 Å².